The van der Waals surface area contributed by atoms with E-state index >= 15 is 0 Å². The van der Waals surface area contributed by atoms with Gasteiger partial charge in [-0.3, -0.25) is 4.79 Å². The Balaban J connectivity index is 1.53. The molecular weight excluding hydrogens is 418 g/mol. The molecular formula is C22H25N3O5S. The summed E-state index contributed by atoms with van der Waals surface area (Å²) in [5.41, 5.74) is 2.25. The van der Waals surface area contributed by atoms with E-state index in [9.17, 15) is 13.2 Å². The van der Waals surface area contributed by atoms with Gasteiger partial charge in [0, 0.05) is 19.6 Å². The van der Waals surface area contributed by atoms with Gasteiger partial charge in [0.2, 0.25) is 10.0 Å². The van der Waals surface area contributed by atoms with Crippen LogP contribution in [-0.2, 0) is 43.9 Å². The molecule has 9 heteroatoms. The molecule has 0 atom stereocenters. The van der Waals surface area contributed by atoms with Crippen molar-refractivity contribution in [2.24, 2.45) is 0 Å². The Morgan fingerprint density at radius 3 is 2.58 bits per heavy atom. The number of aromatic nitrogens is 2. The van der Waals surface area contributed by atoms with Gasteiger partial charge in [-0.1, -0.05) is 30.3 Å². The van der Waals surface area contributed by atoms with Gasteiger partial charge in [0.05, 0.1) is 35.6 Å². The topological polar surface area (TPSA) is 90.7 Å². The van der Waals surface area contributed by atoms with Crippen LogP contribution in [0.5, 0.6) is 0 Å². The number of ether oxygens (including phenoxy) is 2. The molecule has 1 fully saturated rings. The van der Waals surface area contributed by atoms with Crippen molar-refractivity contribution in [3.8, 4) is 0 Å². The maximum Gasteiger partial charge on any atom is 0.310 e. The van der Waals surface area contributed by atoms with E-state index in [0.717, 1.165) is 11.1 Å². The number of imidazole rings is 1. The Hall–Kier alpha value is -2.75. The second kappa shape index (κ2) is 9.17. The van der Waals surface area contributed by atoms with Crippen molar-refractivity contribution >= 4 is 27.0 Å². The third-order valence-electron chi connectivity index (χ3n) is 5.28. The standard InChI is InChI=1S/C22H25N3O5S/c1-2-25-20-9-8-18(31(27,28)24-10-12-29-13-11-24)15-19(20)23-21(25)16-30-22(26)14-17-6-4-3-5-7-17/h3-9,15H,2,10-14,16H2,1H3. The molecule has 0 radical (unpaired) electrons. The number of benzene rings is 2. The molecule has 31 heavy (non-hydrogen) atoms. The van der Waals surface area contributed by atoms with E-state index in [1.165, 1.54) is 4.31 Å². The van der Waals surface area contributed by atoms with Gasteiger partial charge in [-0.15, -0.1) is 0 Å². The predicted octanol–water partition coefficient (Wildman–Crippen LogP) is 2.36. The minimum Gasteiger partial charge on any atom is -0.457 e. The van der Waals surface area contributed by atoms with Gasteiger partial charge >= 0.3 is 5.97 Å². The molecule has 0 amide bonds. The summed E-state index contributed by atoms with van der Waals surface area (Å²) in [6.07, 6.45) is 0.190. The van der Waals surface area contributed by atoms with Crippen LogP contribution >= 0.6 is 0 Å². The minimum absolute atomic E-state index is 0.0275. The number of nitrogens with zero attached hydrogens (tertiary/aromatic N) is 3. The van der Waals surface area contributed by atoms with Crippen LogP contribution in [0.2, 0.25) is 0 Å². The molecule has 2 aromatic carbocycles. The number of carbonyl (C=O) groups is 1. The lowest BCUT2D eigenvalue weighted by Gasteiger charge is -2.26. The van der Waals surface area contributed by atoms with E-state index in [-0.39, 0.29) is 23.9 Å². The first-order valence-electron chi connectivity index (χ1n) is 10.3. The van der Waals surface area contributed by atoms with E-state index in [0.29, 0.717) is 44.2 Å². The first-order chi connectivity index (χ1) is 15.0. The lowest BCUT2D eigenvalue weighted by molar-refractivity contribution is -0.144. The molecule has 0 saturated carbocycles. The molecule has 1 aliphatic rings. The Morgan fingerprint density at radius 2 is 1.87 bits per heavy atom. The third kappa shape index (κ3) is 4.63. The van der Waals surface area contributed by atoms with Gasteiger partial charge in [-0.25, -0.2) is 13.4 Å². The molecule has 4 rings (SSSR count). The van der Waals surface area contributed by atoms with E-state index in [1.54, 1.807) is 18.2 Å². The number of esters is 1. The van der Waals surface area contributed by atoms with Crippen LogP contribution in [0.1, 0.15) is 18.3 Å². The first kappa shape index (κ1) is 21.5. The van der Waals surface area contributed by atoms with Crippen molar-refractivity contribution in [3.05, 3.63) is 59.9 Å². The summed E-state index contributed by atoms with van der Waals surface area (Å²) in [6, 6.07) is 14.3. The second-order valence-corrected chi connectivity index (χ2v) is 9.20. The number of sulfonamides is 1. The van der Waals surface area contributed by atoms with Gasteiger partial charge in [0.1, 0.15) is 12.4 Å². The maximum atomic E-state index is 12.9. The summed E-state index contributed by atoms with van der Waals surface area (Å²) in [5.74, 6) is 0.247. The Bertz CT molecular complexity index is 1170. The number of fused-ring (bicyclic) bond motifs is 1. The normalized spacial score (nSPS) is 15.3. The van der Waals surface area contributed by atoms with E-state index < -0.39 is 10.0 Å². The van der Waals surface area contributed by atoms with E-state index in [1.807, 2.05) is 41.8 Å². The van der Waals surface area contributed by atoms with Crippen LogP contribution in [-0.4, -0.2) is 54.5 Å². The molecule has 1 aromatic heterocycles. The largest absolute Gasteiger partial charge is 0.457 e. The Morgan fingerprint density at radius 1 is 1.13 bits per heavy atom. The number of rotatable bonds is 7. The van der Waals surface area contributed by atoms with Crippen molar-refractivity contribution < 1.29 is 22.7 Å². The number of carbonyl (C=O) groups excluding carboxylic acids is 1. The quantitative estimate of drug-likeness (QED) is 0.521. The zero-order valence-electron chi connectivity index (χ0n) is 17.4. The SMILES string of the molecule is CCn1c(COC(=O)Cc2ccccc2)nc2cc(S(=O)(=O)N3CCOCC3)ccc21. The molecule has 0 bridgehead atoms. The molecule has 8 nitrogen and oxygen atoms in total. The van der Waals surface area contributed by atoms with Crippen molar-refractivity contribution in [2.75, 3.05) is 26.3 Å². The summed E-state index contributed by atoms with van der Waals surface area (Å²) in [5, 5.41) is 0. The third-order valence-corrected chi connectivity index (χ3v) is 7.17. The first-order valence-corrected chi connectivity index (χ1v) is 11.7. The van der Waals surface area contributed by atoms with Gasteiger partial charge in [0.25, 0.3) is 0 Å². The van der Waals surface area contributed by atoms with Gasteiger partial charge in [-0.05, 0) is 30.7 Å². The van der Waals surface area contributed by atoms with Crippen LogP contribution in [0.25, 0.3) is 11.0 Å². The highest BCUT2D eigenvalue weighted by atomic mass is 32.2. The Labute approximate surface area is 181 Å². The average Bonchev–Trinajstić information content (AvgIpc) is 3.15. The molecule has 0 aliphatic carbocycles. The van der Waals surface area contributed by atoms with Crippen molar-refractivity contribution in [2.45, 2.75) is 31.4 Å². The van der Waals surface area contributed by atoms with Crippen LogP contribution in [0.15, 0.2) is 53.4 Å². The number of hydrogen-bond acceptors (Lipinski definition) is 6. The zero-order valence-corrected chi connectivity index (χ0v) is 18.2. The molecule has 164 valence electrons. The highest BCUT2D eigenvalue weighted by molar-refractivity contribution is 7.89. The summed E-state index contributed by atoms with van der Waals surface area (Å²) in [4.78, 5) is 17.0. The number of aryl methyl sites for hydroxylation is 1. The fourth-order valence-electron chi connectivity index (χ4n) is 3.68. The molecule has 0 spiro atoms. The highest BCUT2D eigenvalue weighted by Gasteiger charge is 2.27. The van der Waals surface area contributed by atoms with Crippen molar-refractivity contribution in [1.82, 2.24) is 13.9 Å². The van der Waals surface area contributed by atoms with Gasteiger partial charge in [0.15, 0.2) is 0 Å². The molecule has 1 saturated heterocycles. The molecule has 1 aliphatic heterocycles. The fourth-order valence-corrected chi connectivity index (χ4v) is 5.11. The van der Waals surface area contributed by atoms with Gasteiger partial charge in [-0.2, -0.15) is 4.31 Å². The number of hydrogen-bond donors (Lipinski definition) is 0. The lowest BCUT2D eigenvalue weighted by atomic mass is 10.2. The summed E-state index contributed by atoms with van der Waals surface area (Å²) < 4.78 is 39.9. The minimum atomic E-state index is -3.61. The number of morpholine rings is 1. The summed E-state index contributed by atoms with van der Waals surface area (Å²) in [7, 11) is -3.61. The van der Waals surface area contributed by atoms with Crippen LogP contribution in [0.3, 0.4) is 0 Å². The molecule has 2 heterocycles. The predicted molar refractivity (Wildman–Crippen MR) is 115 cm³/mol. The van der Waals surface area contributed by atoms with E-state index in [2.05, 4.69) is 4.98 Å². The van der Waals surface area contributed by atoms with Gasteiger partial charge < -0.3 is 14.0 Å². The summed E-state index contributed by atoms with van der Waals surface area (Å²) >= 11 is 0. The van der Waals surface area contributed by atoms with E-state index in [4.69, 9.17) is 9.47 Å². The van der Waals surface area contributed by atoms with Crippen LogP contribution in [0, 0.1) is 0 Å². The monoisotopic (exact) mass is 443 g/mol. The molecule has 3 aromatic rings. The lowest BCUT2D eigenvalue weighted by Crippen LogP contribution is -2.40. The maximum absolute atomic E-state index is 12.9. The van der Waals surface area contributed by atoms with Crippen LogP contribution in [0.4, 0.5) is 0 Å². The zero-order chi connectivity index (χ0) is 21.8. The summed E-state index contributed by atoms with van der Waals surface area (Å²) in [6.45, 7) is 4.08. The molecule has 0 unspecified atom stereocenters. The fraction of sp³-hybridized carbons (Fsp3) is 0.364. The molecule has 0 N–H and O–H groups in total. The van der Waals surface area contributed by atoms with Crippen LogP contribution < -0.4 is 0 Å². The van der Waals surface area contributed by atoms with Crippen molar-refractivity contribution in [3.63, 3.8) is 0 Å². The smallest absolute Gasteiger partial charge is 0.310 e. The average molecular weight is 444 g/mol. The van der Waals surface area contributed by atoms with Crippen molar-refractivity contribution in [1.29, 1.82) is 0 Å². The highest BCUT2D eigenvalue weighted by Crippen LogP contribution is 2.24. The Kier molecular flexibility index (Phi) is 6.35. The second-order valence-electron chi connectivity index (χ2n) is 7.26.